The molecule has 0 saturated carbocycles. The fourth-order valence-corrected chi connectivity index (χ4v) is 2.73. The van der Waals surface area contributed by atoms with Gasteiger partial charge in [-0.3, -0.25) is 0 Å². The Hall–Kier alpha value is -1.61. The Labute approximate surface area is 108 Å². The first-order valence-electron chi connectivity index (χ1n) is 6.70. The topological polar surface area (TPSA) is 29.9 Å². The summed E-state index contributed by atoms with van der Waals surface area (Å²) in [6, 6.07) is 13.5. The quantitative estimate of drug-likeness (QED) is 0.875. The molecule has 1 saturated heterocycles. The van der Waals surface area contributed by atoms with Crippen LogP contribution in [0.1, 0.15) is 37.9 Å². The maximum absolute atomic E-state index is 4.46. The van der Waals surface area contributed by atoms with Gasteiger partial charge in [-0.15, -0.1) is 0 Å². The van der Waals surface area contributed by atoms with Gasteiger partial charge in [0.1, 0.15) is 0 Å². The molecule has 3 heteroatoms. The third-order valence-corrected chi connectivity index (χ3v) is 3.65. The van der Waals surface area contributed by atoms with Crippen molar-refractivity contribution in [1.82, 2.24) is 15.1 Å². The predicted octanol–water partition coefficient (Wildman–Crippen LogP) is 3.08. The minimum atomic E-state index is 0.427. The standard InChI is InChI=1S/C15H19N3/c1-12-6-5-9-14(17-12)15-10-11-16-18(15)13-7-3-2-4-8-13/h2-4,7-8,10-12,14,17H,5-6,9H2,1H3. The van der Waals surface area contributed by atoms with Crippen LogP contribution in [0.25, 0.3) is 5.69 Å². The molecule has 0 bridgehead atoms. The Kier molecular flexibility index (Phi) is 3.15. The Morgan fingerprint density at radius 3 is 2.78 bits per heavy atom. The van der Waals surface area contributed by atoms with E-state index >= 15 is 0 Å². The molecule has 94 valence electrons. The number of benzene rings is 1. The molecule has 18 heavy (non-hydrogen) atoms. The lowest BCUT2D eigenvalue weighted by Crippen LogP contribution is -2.35. The van der Waals surface area contributed by atoms with Gasteiger partial charge in [0, 0.05) is 18.3 Å². The molecule has 0 radical (unpaired) electrons. The average molecular weight is 241 g/mol. The van der Waals surface area contributed by atoms with E-state index in [-0.39, 0.29) is 0 Å². The molecule has 2 heterocycles. The highest BCUT2D eigenvalue weighted by atomic mass is 15.3. The summed E-state index contributed by atoms with van der Waals surface area (Å²) in [6.07, 6.45) is 5.65. The number of hydrogen-bond acceptors (Lipinski definition) is 2. The molecule has 2 atom stereocenters. The first-order chi connectivity index (χ1) is 8.84. The number of hydrogen-bond donors (Lipinski definition) is 1. The molecule has 2 unspecified atom stereocenters. The molecular formula is C15H19N3. The minimum Gasteiger partial charge on any atom is -0.306 e. The molecule has 2 aromatic rings. The average Bonchev–Trinajstić information content (AvgIpc) is 2.89. The van der Waals surface area contributed by atoms with Crippen molar-refractivity contribution in [3.8, 4) is 5.69 Å². The second kappa shape index (κ2) is 4.94. The van der Waals surface area contributed by atoms with Gasteiger partial charge < -0.3 is 5.32 Å². The van der Waals surface area contributed by atoms with Gasteiger partial charge in [0.05, 0.1) is 11.4 Å². The third kappa shape index (κ3) is 2.18. The molecule has 1 aromatic heterocycles. The van der Waals surface area contributed by atoms with E-state index in [1.54, 1.807) is 0 Å². The summed E-state index contributed by atoms with van der Waals surface area (Å²) in [7, 11) is 0. The highest BCUT2D eigenvalue weighted by Gasteiger charge is 2.22. The van der Waals surface area contributed by atoms with Crippen molar-refractivity contribution in [1.29, 1.82) is 0 Å². The summed E-state index contributed by atoms with van der Waals surface area (Å²) in [6.45, 7) is 2.26. The van der Waals surface area contributed by atoms with Crippen molar-refractivity contribution < 1.29 is 0 Å². The molecule has 0 amide bonds. The smallest absolute Gasteiger partial charge is 0.0649 e. The van der Waals surface area contributed by atoms with Crippen molar-refractivity contribution in [3.05, 3.63) is 48.3 Å². The highest BCUT2D eigenvalue weighted by molar-refractivity contribution is 5.33. The van der Waals surface area contributed by atoms with Gasteiger partial charge in [0.25, 0.3) is 0 Å². The first kappa shape index (κ1) is 11.5. The van der Waals surface area contributed by atoms with Gasteiger partial charge in [-0.1, -0.05) is 18.2 Å². The maximum Gasteiger partial charge on any atom is 0.0649 e. The van der Waals surface area contributed by atoms with Crippen LogP contribution >= 0.6 is 0 Å². The monoisotopic (exact) mass is 241 g/mol. The van der Waals surface area contributed by atoms with E-state index in [1.165, 1.54) is 25.0 Å². The van der Waals surface area contributed by atoms with Crippen LogP contribution in [-0.2, 0) is 0 Å². The second-order valence-corrected chi connectivity index (χ2v) is 5.05. The summed E-state index contributed by atoms with van der Waals surface area (Å²) in [5.41, 5.74) is 2.41. The summed E-state index contributed by atoms with van der Waals surface area (Å²) in [5.74, 6) is 0. The molecule has 1 aliphatic rings. The minimum absolute atomic E-state index is 0.427. The van der Waals surface area contributed by atoms with Crippen LogP contribution in [0.4, 0.5) is 0 Å². The molecular weight excluding hydrogens is 222 g/mol. The van der Waals surface area contributed by atoms with Gasteiger partial charge in [-0.2, -0.15) is 5.10 Å². The van der Waals surface area contributed by atoms with E-state index in [1.807, 2.05) is 12.3 Å². The van der Waals surface area contributed by atoms with Crippen LogP contribution in [-0.4, -0.2) is 15.8 Å². The SMILES string of the molecule is CC1CCCC(c2ccnn2-c2ccccc2)N1. The molecule has 0 spiro atoms. The van der Waals surface area contributed by atoms with Crippen LogP contribution in [0.5, 0.6) is 0 Å². The van der Waals surface area contributed by atoms with E-state index in [0.717, 1.165) is 5.69 Å². The van der Waals surface area contributed by atoms with Gasteiger partial charge in [-0.05, 0) is 44.4 Å². The zero-order valence-electron chi connectivity index (χ0n) is 10.7. The predicted molar refractivity (Wildman–Crippen MR) is 72.8 cm³/mol. The highest BCUT2D eigenvalue weighted by Crippen LogP contribution is 2.26. The number of para-hydroxylation sites is 1. The first-order valence-corrected chi connectivity index (χ1v) is 6.70. The van der Waals surface area contributed by atoms with Gasteiger partial charge in [0.15, 0.2) is 0 Å². The number of rotatable bonds is 2. The molecule has 3 nitrogen and oxygen atoms in total. The summed E-state index contributed by atoms with van der Waals surface area (Å²) in [5, 5.41) is 8.13. The second-order valence-electron chi connectivity index (χ2n) is 5.05. The molecule has 1 aromatic carbocycles. The number of nitrogens with zero attached hydrogens (tertiary/aromatic N) is 2. The van der Waals surface area contributed by atoms with Crippen molar-refractivity contribution in [2.24, 2.45) is 0 Å². The fourth-order valence-electron chi connectivity index (χ4n) is 2.73. The van der Waals surface area contributed by atoms with E-state index in [2.05, 4.69) is 52.4 Å². The Bertz CT molecular complexity index is 503. The molecule has 1 fully saturated rings. The van der Waals surface area contributed by atoms with Crippen LogP contribution in [0.15, 0.2) is 42.6 Å². The van der Waals surface area contributed by atoms with E-state index in [4.69, 9.17) is 0 Å². The van der Waals surface area contributed by atoms with Crippen molar-refractivity contribution in [3.63, 3.8) is 0 Å². The van der Waals surface area contributed by atoms with Crippen LogP contribution in [0, 0.1) is 0 Å². The zero-order chi connectivity index (χ0) is 12.4. The van der Waals surface area contributed by atoms with Crippen molar-refractivity contribution in [2.75, 3.05) is 0 Å². The van der Waals surface area contributed by atoms with E-state index in [0.29, 0.717) is 12.1 Å². The summed E-state index contributed by atoms with van der Waals surface area (Å²) < 4.78 is 2.05. The number of nitrogens with one attached hydrogen (secondary N) is 1. The maximum atomic E-state index is 4.46. The Balaban J connectivity index is 1.92. The van der Waals surface area contributed by atoms with Gasteiger partial charge in [-0.25, -0.2) is 4.68 Å². The lowest BCUT2D eigenvalue weighted by atomic mass is 9.97. The molecule has 1 aliphatic heterocycles. The zero-order valence-corrected chi connectivity index (χ0v) is 10.7. The van der Waals surface area contributed by atoms with Crippen molar-refractivity contribution in [2.45, 2.75) is 38.3 Å². The number of aromatic nitrogens is 2. The van der Waals surface area contributed by atoms with Gasteiger partial charge >= 0.3 is 0 Å². The van der Waals surface area contributed by atoms with E-state index < -0.39 is 0 Å². The molecule has 1 N–H and O–H groups in total. The van der Waals surface area contributed by atoms with E-state index in [9.17, 15) is 0 Å². The summed E-state index contributed by atoms with van der Waals surface area (Å²) >= 11 is 0. The summed E-state index contributed by atoms with van der Waals surface area (Å²) in [4.78, 5) is 0. The Morgan fingerprint density at radius 1 is 1.17 bits per heavy atom. The lowest BCUT2D eigenvalue weighted by molar-refractivity contribution is 0.332. The normalized spacial score (nSPS) is 24.1. The lowest BCUT2D eigenvalue weighted by Gasteiger charge is -2.29. The van der Waals surface area contributed by atoms with Crippen LogP contribution < -0.4 is 5.32 Å². The van der Waals surface area contributed by atoms with Crippen LogP contribution in [0.3, 0.4) is 0 Å². The fraction of sp³-hybridized carbons (Fsp3) is 0.400. The van der Waals surface area contributed by atoms with Gasteiger partial charge in [0.2, 0.25) is 0 Å². The molecule has 0 aliphatic carbocycles. The van der Waals surface area contributed by atoms with Crippen LogP contribution in [0.2, 0.25) is 0 Å². The molecule has 3 rings (SSSR count). The Morgan fingerprint density at radius 2 is 2.00 bits per heavy atom. The third-order valence-electron chi connectivity index (χ3n) is 3.65. The largest absolute Gasteiger partial charge is 0.306 e. The van der Waals surface area contributed by atoms with Crippen molar-refractivity contribution >= 4 is 0 Å². The number of piperidine rings is 1.